The molecular formula is C24H29F3N4O. The first-order valence-electron chi connectivity index (χ1n) is 11.5. The number of fused-ring (bicyclic) bond motifs is 1. The monoisotopic (exact) mass is 446 g/mol. The summed E-state index contributed by atoms with van der Waals surface area (Å²) < 4.78 is 46.9. The summed E-state index contributed by atoms with van der Waals surface area (Å²) in [5.74, 6) is 1.64. The number of alkyl halides is 3. The number of rotatable bonds is 5. The third kappa shape index (κ3) is 4.76. The number of aromatic nitrogens is 2. The number of nitrogens with one attached hydrogen (secondary N) is 1. The van der Waals surface area contributed by atoms with Crippen LogP contribution in [0, 0.1) is 17.8 Å². The number of hydrogen-bond donors (Lipinski definition) is 1. The van der Waals surface area contributed by atoms with Gasteiger partial charge in [0.2, 0.25) is 0 Å². The van der Waals surface area contributed by atoms with E-state index in [0.29, 0.717) is 23.3 Å². The topological polar surface area (TPSA) is 50.3 Å². The number of halogens is 3. The Hall–Kier alpha value is -2.19. The Bertz CT molecular complexity index is 903. The van der Waals surface area contributed by atoms with Crippen LogP contribution in [-0.2, 0) is 10.9 Å². The lowest BCUT2D eigenvalue weighted by Crippen LogP contribution is -2.32. The summed E-state index contributed by atoms with van der Waals surface area (Å²) >= 11 is 0. The highest BCUT2D eigenvalue weighted by molar-refractivity contribution is 5.62. The molecule has 8 heteroatoms. The second-order valence-electron chi connectivity index (χ2n) is 9.46. The van der Waals surface area contributed by atoms with Gasteiger partial charge in [-0.2, -0.15) is 13.2 Å². The van der Waals surface area contributed by atoms with Crippen molar-refractivity contribution < 1.29 is 17.9 Å². The quantitative estimate of drug-likeness (QED) is 0.721. The van der Waals surface area contributed by atoms with Gasteiger partial charge in [-0.15, -0.1) is 10.2 Å². The van der Waals surface area contributed by atoms with E-state index in [4.69, 9.17) is 4.74 Å². The molecule has 0 spiro atoms. The minimum absolute atomic E-state index is 0.00760. The molecule has 3 atom stereocenters. The normalized spacial score (nSPS) is 26.9. The highest BCUT2D eigenvalue weighted by Crippen LogP contribution is 2.41. The third-order valence-electron chi connectivity index (χ3n) is 7.19. The predicted octanol–water partition coefficient (Wildman–Crippen LogP) is 4.71. The Labute approximate surface area is 186 Å². The number of ether oxygens (including phenoxy) is 1. The maximum absolute atomic E-state index is 13.8. The van der Waals surface area contributed by atoms with E-state index >= 15 is 0 Å². The Morgan fingerprint density at radius 1 is 1.00 bits per heavy atom. The van der Waals surface area contributed by atoms with Gasteiger partial charge in [0.15, 0.2) is 5.82 Å². The molecule has 1 saturated carbocycles. The lowest BCUT2D eigenvalue weighted by atomic mass is 10.00. The third-order valence-corrected chi connectivity index (χ3v) is 7.19. The van der Waals surface area contributed by atoms with E-state index in [9.17, 15) is 13.2 Å². The second kappa shape index (κ2) is 8.98. The number of likely N-dealkylation sites (tertiary alicyclic amines) is 1. The van der Waals surface area contributed by atoms with Crippen LogP contribution >= 0.6 is 0 Å². The largest absolute Gasteiger partial charge is 0.420 e. The molecule has 2 aromatic rings. The van der Waals surface area contributed by atoms with E-state index in [2.05, 4.69) is 20.4 Å². The SMILES string of the molecule is FC(F)(F)c1cc(-c2ccccc2)nnc1N[C@@H]1C[C@@H]2CN(CC3CCOCC3)C[C@@H]2C1. The molecule has 5 rings (SSSR count). The predicted molar refractivity (Wildman–Crippen MR) is 116 cm³/mol. The molecule has 2 aliphatic heterocycles. The molecule has 3 heterocycles. The molecule has 32 heavy (non-hydrogen) atoms. The molecule has 2 saturated heterocycles. The van der Waals surface area contributed by atoms with Crippen molar-refractivity contribution >= 4 is 5.82 Å². The summed E-state index contributed by atoms with van der Waals surface area (Å²) in [7, 11) is 0. The molecule has 1 aromatic heterocycles. The highest BCUT2D eigenvalue weighted by Gasteiger charge is 2.42. The molecule has 3 aliphatic rings. The zero-order valence-electron chi connectivity index (χ0n) is 18.0. The zero-order valence-corrected chi connectivity index (χ0v) is 18.0. The van der Waals surface area contributed by atoms with Crippen LogP contribution in [-0.4, -0.2) is 54.0 Å². The maximum atomic E-state index is 13.8. The van der Waals surface area contributed by atoms with E-state index in [1.165, 1.54) is 0 Å². The standard InChI is InChI=1S/C24H29F3N4O/c25-24(26,27)21-12-22(17-4-2-1-3-5-17)29-30-23(21)28-20-10-18-14-31(15-19(18)11-20)13-16-6-8-32-9-7-16/h1-5,12,16,18-20H,6-11,13-15H2,(H,28,30)/t18-,19+,20-. The van der Waals surface area contributed by atoms with Crippen molar-refractivity contribution in [3.8, 4) is 11.3 Å². The molecule has 0 amide bonds. The van der Waals surface area contributed by atoms with Gasteiger partial charge in [0, 0.05) is 44.5 Å². The van der Waals surface area contributed by atoms with E-state index < -0.39 is 11.7 Å². The van der Waals surface area contributed by atoms with Gasteiger partial charge in [-0.3, -0.25) is 0 Å². The van der Waals surface area contributed by atoms with Gasteiger partial charge in [0.25, 0.3) is 0 Å². The van der Waals surface area contributed by atoms with Crippen molar-refractivity contribution in [3.05, 3.63) is 42.0 Å². The van der Waals surface area contributed by atoms with Crippen LogP contribution in [0.2, 0.25) is 0 Å². The summed E-state index contributed by atoms with van der Waals surface area (Å²) in [6.07, 6.45) is -0.457. The van der Waals surface area contributed by atoms with Crippen molar-refractivity contribution in [2.24, 2.45) is 17.8 Å². The maximum Gasteiger partial charge on any atom is 0.420 e. The fourth-order valence-corrected chi connectivity index (χ4v) is 5.62. The second-order valence-corrected chi connectivity index (χ2v) is 9.46. The summed E-state index contributed by atoms with van der Waals surface area (Å²) in [4.78, 5) is 2.55. The fourth-order valence-electron chi connectivity index (χ4n) is 5.62. The molecule has 0 unspecified atom stereocenters. The lowest BCUT2D eigenvalue weighted by molar-refractivity contribution is -0.137. The minimum Gasteiger partial charge on any atom is -0.381 e. The van der Waals surface area contributed by atoms with Gasteiger partial charge in [-0.05, 0) is 49.5 Å². The van der Waals surface area contributed by atoms with Crippen LogP contribution in [0.5, 0.6) is 0 Å². The van der Waals surface area contributed by atoms with Gasteiger partial charge in [0.1, 0.15) is 5.56 Å². The summed E-state index contributed by atoms with van der Waals surface area (Å²) in [5.41, 5.74) is 0.108. The van der Waals surface area contributed by atoms with Crippen LogP contribution < -0.4 is 5.32 Å². The van der Waals surface area contributed by atoms with Crippen LogP contribution in [0.1, 0.15) is 31.2 Å². The number of anilines is 1. The average molecular weight is 447 g/mol. The number of benzene rings is 1. The molecule has 5 nitrogen and oxygen atoms in total. The Kier molecular flexibility index (Phi) is 6.07. The van der Waals surface area contributed by atoms with E-state index in [0.717, 1.165) is 64.6 Å². The van der Waals surface area contributed by atoms with Gasteiger partial charge < -0.3 is 15.0 Å². The summed E-state index contributed by atoms with van der Waals surface area (Å²) in [6.45, 7) is 4.95. The molecule has 3 fully saturated rings. The fraction of sp³-hybridized carbons (Fsp3) is 0.583. The first kappa shape index (κ1) is 21.6. The van der Waals surface area contributed by atoms with Crippen LogP contribution in [0.3, 0.4) is 0 Å². The van der Waals surface area contributed by atoms with Crippen molar-refractivity contribution in [3.63, 3.8) is 0 Å². The summed E-state index contributed by atoms with van der Waals surface area (Å²) in [5, 5.41) is 11.1. The van der Waals surface area contributed by atoms with Crippen molar-refractivity contribution in [1.82, 2.24) is 15.1 Å². The van der Waals surface area contributed by atoms with Crippen LogP contribution in [0.15, 0.2) is 36.4 Å². The van der Waals surface area contributed by atoms with E-state index in [-0.39, 0.29) is 17.6 Å². The van der Waals surface area contributed by atoms with Gasteiger partial charge in [0.05, 0.1) is 5.69 Å². The van der Waals surface area contributed by atoms with Crippen LogP contribution in [0.25, 0.3) is 11.3 Å². The smallest absolute Gasteiger partial charge is 0.381 e. The Balaban J connectivity index is 1.23. The first-order chi connectivity index (χ1) is 15.5. The zero-order chi connectivity index (χ0) is 22.1. The van der Waals surface area contributed by atoms with Gasteiger partial charge in [-0.1, -0.05) is 30.3 Å². The number of nitrogens with zero attached hydrogens (tertiary/aromatic N) is 3. The minimum atomic E-state index is -4.49. The lowest BCUT2D eigenvalue weighted by Gasteiger charge is -2.28. The van der Waals surface area contributed by atoms with E-state index in [1.807, 2.05) is 6.07 Å². The van der Waals surface area contributed by atoms with Crippen molar-refractivity contribution in [1.29, 1.82) is 0 Å². The van der Waals surface area contributed by atoms with Gasteiger partial charge in [-0.25, -0.2) is 0 Å². The molecule has 1 N–H and O–H groups in total. The van der Waals surface area contributed by atoms with Crippen molar-refractivity contribution in [2.75, 3.05) is 38.2 Å². The van der Waals surface area contributed by atoms with E-state index in [1.54, 1.807) is 24.3 Å². The molecule has 1 aromatic carbocycles. The molecule has 0 bridgehead atoms. The Morgan fingerprint density at radius 3 is 2.34 bits per heavy atom. The highest BCUT2D eigenvalue weighted by atomic mass is 19.4. The molecule has 0 radical (unpaired) electrons. The average Bonchev–Trinajstić information content (AvgIpc) is 3.32. The molecule has 172 valence electrons. The first-order valence-corrected chi connectivity index (χ1v) is 11.5. The summed E-state index contributed by atoms with van der Waals surface area (Å²) in [6, 6.07) is 9.96. The van der Waals surface area contributed by atoms with Gasteiger partial charge >= 0.3 is 6.18 Å². The Morgan fingerprint density at radius 2 is 1.69 bits per heavy atom. The van der Waals surface area contributed by atoms with Crippen molar-refractivity contribution in [2.45, 2.75) is 37.9 Å². The van der Waals surface area contributed by atoms with Crippen LogP contribution in [0.4, 0.5) is 19.0 Å². The number of hydrogen-bond acceptors (Lipinski definition) is 5. The molecule has 1 aliphatic carbocycles. The molecular weight excluding hydrogens is 417 g/mol.